The van der Waals surface area contributed by atoms with Crippen LogP contribution in [0.25, 0.3) is 0 Å². The maximum absolute atomic E-state index is 14.3. The summed E-state index contributed by atoms with van der Waals surface area (Å²) in [6.07, 6.45) is 3.25. The molecule has 6 nitrogen and oxygen atoms in total. The van der Waals surface area contributed by atoms with Crippen molar-refractivity contribution in [2.75, 3.05) is 0 Å². The first kappa shape index (κ1) is 24.4. The zero-order chi connectivity index (χ0) is 25.7. The minimum atomic E-state index is -4.45. The summed E-state index contributed by atoms with van der Waals surface area (Å²) in [4.78, 5) is 36.7. The van der Waals surface area contributed by atoms with Crippen molar-refractivity contribution in [3.05, 3.63) is 71.3 Å². The van der Waals surface area contributed by atoms with E-state index in [4.69, 9.17) is 9.47 Å². The Morgan fingerprint density at radius 2 is 1.36 bits per heavy atom. The van der Waals surface area contributed by atoms with Gasteiger partial charge in [-0.1, -0.05) is 30.3 Å². The maximum atomic E-state index is 14.3. The number of esters is 2. The Labute approximate surface area is 207 Å². The lowest BCUT2D eigenvalue weighted by Crippen LogP contribution is -2.58. The highest BCUT2D eigenvalue weighted by Crippen LogP contribution is 2.59. The van der Waals surface area contributed by atoms with Crippen LogP contribution in [0.4, 0.5) is 8.78 Å². The van der Waals surface area contributed by atoms with E-state index in [0.29, 0.717) is 11.8 Å². The van der Waals surface area contributed by atoms with E-state index in [0.717, 1.165) is 37.5 Å². The number of hydrogen-bond acceptors (Lipinski definition) is 6. The number of halogens is 2. The smallest absolute Gasteiger partial charge is 0.338 e. The fourth-order valence-corrected chi connectivity index (χ4v) is 6.55. The van der Waals surface area contributed by atoms with Gasteiger partial charge < -0.3 is 19.4 Å². The highest BCUT2D eigenvalue weighted by molar-refractivity contribution is 5.93. The molecule has 1 atom stereocenters. The predicted molar refractivity (Wildman–Crippen MR) is 122 cm³/mol. The first-order valence-corrected chi connectivity index (χ1v) is 12.3. The summed E-state index contributed by atoms with van der Waals surface area (Å²) in [5.74, 6) is -6.58. The number of benzene rings is 2. The molecule has 4 bridgehead atoms. The standard InChI is InChI=1S/C28H28F2O6/c1-27(21-12-16-11-17(14-21)15-22(27)13-16)36-25(32)20-9-7-19(8-10-20)24(31)35-23(28(29,30)26(33)34)18-5-3-2-4-6-18/h2-10,16-17,21-23H,11-15H2,1H3,(H,33,34)/p-1. The number of aliphatic carboxylic acids is 1. The van der Waals surface area contributed by atoms with Gasteiger partial charge in [-0.05, 0) is 92.5 Å². The van der Waals surface area contributed by atoms with Gasteiger partial charge in [0.25, 0.3) is 0 Å². The lowest BCUT2D eigenvalue weighted by atomic mass is 9.50. The molecular weight excluding hydrogens is 470 g/mol. The Morgan fingerprint density at radius 1 is 0.861 bits per heavy atom. The van der Waals surface area contributed by atoms with E-state index in [2.05, 4.69) is 0 Å². The van der Waals surface area contributed by atoms with Gasteiger partial charge in [-0.2, -0.15) is 8.78 Å². The Hall–Kier alpha value is -3.29. The van der Waals surface area contributed by atoms with Crippen LogP contribution in [0.3, 0.4) is 0 Å². The van der Waals surface area contributed by atoms with Crippen molar-refractivity contribution >= 4 is 17.9 Å². The van der Waals surface area contributed by atoms with Crippen LogP contribution in [0.5, 0.6) is 0 Å². The van der Waals surface area contributed by atoms with Crippen LogP contribution in [-0.4, -0.2) is 29.4 Å². The van der Waals surface area contributed by atoms with E-state index in [1.54, 1.807) is 6.07 Å². The largest absolute Gasteiger partial charge is 0.544 e. The molecule has 0 heterocycles. The van der Waals surface area contributed by atoms with E-state index in [1.165, 1.54) is 55.0 Å². The summed E-state index contributed by atoms with van der Waals surface area (Å²) in [7, 11) is 0. The highest BCUT2D eigenvalue weighted by atomic mass is 19.3. The van der Waals surface area contributed by atoms with Gasteiger partial charge in [0, 0.05) is 0 Å². The summed E-state index contributed by atoms with van der Waals surface area (Å²) in [6.45, 7) is 2.03. The monoisotopic (exact) mass is 497 g/mol. The third-order valence-corrected chi connectivity index (χ3v) is 8.36. The number of carboxylic acid groups (broad SMARTS) is 1. The average molecular weight is 498 g/mol. The molecule has 4 aliphatic rings. The predicted octanol–water partition coefficient (Wildman–Crippen LogP) is 4.34. The number of alkyl halides is 2. The second-order valence-electron chi connectivity index (χ2n) is 10.6. The van der Waals surface area contributed by atoms with Gasteiger partial charge >= 0.3 is 17.9 Å². The minimum Gasteiger partial charge on any atom is -0.544 e. The number of carbonyl (C=O) groups is 3. The van der Waals surface area contributed by atoms with Crippen LogP contribution in [0.15, 0.2) is 54.6 Å². The molecule has 0 aromatic heterocycles. The molecule has 0 aliphatic heterocycles. The molecule has 36 heavy (non-hydrogen) atoms. The third kappa shape index (κ3) is 4.27. The van der Waals surface area contributed by atoms with Crippen molar-refractivity contribution in [2.24, 2.45) is 23.7 Å². The minimum absolute atomic E-state index is 0.109. The van der Waals surface area contributed by atoms with Crippen molar-refractivity contribution in [1.29, 1.82) is 0 Å². The molecule has 1 unspecified atom stereocenters. The van der Waals surface area contributed by atoms with Crippen molar-refractivity contribution < 1.29 is 37.7 Å². The van der Waals surface area contributed by atoms with Crippen LogP contribution in [0, 0.1) is 23.7 Å². The Kier molecular flexibility index (Phi) is 6.09. The summed E-state index contributed by atoms with van der Waals surface area (Å²) in [5.41, 5.74) is -0.575. The van der Waals surface area contributed by atoms with E-state index < -0.39 is 35.5 Å². The molecular formula is C28H27F2O6-. The number of hydrogen-bond donors (Lipinski definition) is 0. The molecule has 0 amide bonds. The zero-order valence-corrected chi connectivity index (χ0v) is 19.8. The zero-order valence-electron chi connectivity index (χ0n) is 19.8. The fourth-order valence-electron chi connectivity index (χ4n) is 6.55. The molecule has 6 rings (SSSR count). The SMILES string of the molecule is CC1(OC(=O)c2ccc(C(=O)OC(c3ccccc3)C(F)(F)C(=O)[O-])cc2)C2CC3CC(C2)CC1C3. The van der Waals surface area contributed by atoms with Crippen LogP contribution in [-0.2, 0) is 14.3 Å². The molecule has 0 N–H and O–H groups in total. The van der Waals surface area contributed by atoms with Gasteiger partial charge in [-0.15, -0.1) is 0 Å². The molecule has 4 saturated carbocycles. The van der Waals surface area contributed by atoms with Crippen molar-refractivity contribution in [1.82, 2.24) is 0 Å². The molecule has 4 aliphatic carbocycles. The van der Waals surface area contributed by atoms with Crippen LogP contribution < -0.4 is 5.11 Å². The van der Waals surface area contributed by atoms with Gasteiger partial charge in [-0.25, -0.2) is 9.59 Å². The normalized spacial score (nSPS) is 29.4. The van der Waals surface area contributed by atoms with Crippen LogP contribution in [0.2, 0.25) is 0 Å². The second kappa shape index (κ2) is 8.98. The number of carbonyl (C=O) groups excluding carboxylic acids is 3. The molecule has 2 aromatic carbocycles. The van der Waals surface area contributed by atoms with Gasteiger partial charge in [-0.3, -0.25) is 0 Å². The highest BCUT2D eigenvalue weighted by Gasteiger charge is 2.57. The van der Waals surface area contributed by atoms with Crippen molar-refractivity contribution in [3.8, 4) is 0 Å². The molecule has 0 spiro atoms. The van der Waals surface area contributed by atoms with Crippen molar-refractivity contribution in [2.45, 2.75) is 56.7 Å². The third-order valence-electron chi connectivity index (χ3n) is 8.36. The number of carboxylic acids is 1. The van der Waals surface area contributed by atoms with E-state index in [1.807, 2.05) is 6.92 Å². The van der Waals surface area contributed by atoms with Gasteiger partial charge in [0.1, 0.15) is 11.6 Å². The summed E-state index contributed by atoms with van der Waals surface area (Å²) >= 11 is 0. The number of ether oxygens (including phenoxy) is 2. The molecule has 0 radical (unpaired) electrons. The molecule has 0 saturated heterocycles. The van der Waals surface area contributed by atoms with Crippen LogP contribution >= 0.6 is 0 Å². The Balaban J connectivity index is 1.29. The van der Waals surface area contributed by atoms with Gasteiger partial charge in [0.15, 0.2) is 6.10 Å². The lowest BCUT2D eigenvalue weighted by Gasteiger charge is -2.59. The Morgan fingerprint density at radius 3 is 1.86 bits per heavy atom. The molecule has 8 heteroatoms. The lowest BCUT2D eigenvalue weighted by molar-refractivity contribution is -0.336. The number of rotatable bonds is 7. The molecule has 190 valence electrons. The first-order chi connectivity index (χ1) is 17.1. The fraction of sp³-hybridized carbons (Fsp3) is 0.464. The summed E-state index contributed by atoms with van der Waals surface area (Å²) in [5, 5.41) is 11.1. The molecule has 4 fully saturated rings. The van der Waals surface area contributed by atoms with Crippen molar-refractivity contribution in [3.63, 3.8) is 0 Å². The topological polar surface area (TPSA) is 92.7 Å². The van der Waals surface area contributed by atoms with E-state index in [-0.39, 0.29) is 16.7 Å². The van der Waals surface area contributed by atoms with E-state index in [9.17, 15) is 28.3 Å². The van der Waals surface area contributed by atoms with Gasteiger partial charge in [0.05, 0.1) is 11.1 Å². The quantitative estimate of drug-likeness (QED) is 0.529. The van der Waals surface area contributed by atoms with E-state index >= 15 is 0 Å². The first-order valence-electron chi connectivity index (χ1n) is 12.3. The Bertz CT molecular complexity index is 1130. The second-order valence-corrected chi connectivity index (χ2v) is 10.6. The van der Waals surface area contributed by atoms with Gasteiger partial charge in [0.2, 0.25) is 0 Å². The van der Waals surface area contributed by atoms with Crippen LogP contribution in [0.1, 0.15) is 71.4 Å². The summed E-state index contributed by atoms with van der Waals surface area (Å²) < 4.78 is 39.6. The maximum Gasteiger partial charge on any atom is 0.338 e. The molecule has 2 aromatic rings. The summed E-state index contributed by atoms with van der Waals surface area (Å²) in [6, 6.07) is 12.2. The average Bonchev–Trinajstić information content (AvgIpc) is 2.85.